The van der Waals surface area contributed by atoms with Gasteiger partial charge in [0.25, 0.3) is 0 Å². The molecule has 1 aromatic carbocycles. The highest BCUT2D eigenvalue weighted by molar-refractivity contribution is 7.92. The largest absolute Gasteiger partial charge is 0.416 e. The summed E-state index contributed by atoms with van der Waals surface area (Å²) in [5.41, 5.74) is -1.18. The molecule has 0 unspecified atom stereocenters. The lowest BCUT2D eigenvalue weighted by molar-refractivity contribution is -0.137. The van der Waals surface area contributed by atoms with Gasteiger partial charge in [-0.1, -0.05) is 19.4 Å². The van der Waals surface area contributed by atoms with E-state index < -0.39 is 34.2 Å². The third-order valence-corrected chi connectivity index (χ3v) is 4.42. The first-order valence-electron chi connectivity index (χ1n) is 7.39. The van der Waals surface area contributed by atoms with Crippen LogP contribution in [0.3, 0.4) is 0 Å². The van der Waals surface area contributed by atoms with Crippen LogP contribution in [0.15, 0.2) is 24.3 Å². The normalized spacial score (nSPS) is 13.4. The number of amides is 1. The van der Waals surface area contributed by atoms with Gasteiger partial charge in [-0.3, -0.25) is 9.10 Å². The van der Waals surface area contributed by atoms with E-state index in [1.807, 2.05) is 6.92 Å². The summed E-state index contributed by atoms with van der Waals surface area (Å²) in [6.45, 7) is 3.14. The monoisotopic (exact) mass is 366 g/mol. The Morgan fingerprint density at radius 1 is 1.33 bits per heavy atom. The van der Waals surface area contributed by atoms with Crippen LogP contribution in [0.2, 0.25) is 0 Å². The molecule has 0 heterocycles. The van der Waals surface area contributed by atoms with E-state index in [1.54, 1.807) is 6.92 Å². The molecule has 0 aliphatic carbocycles. The number of hydrogen-bond acceptors (Lipinski definition) is 3. The lowest BCUT2D eigenvalue weighted by Gasteiger charge is -2.23. The zero-order valence-corrected chi connectivity index (χ0v) is 14.5. The lowest BCUT2D eigenvalue weighted by atomic mass is 10.2. The number of hydrogen-bond donors (Lipinski definition) is 1. The number of carbonyl (C=O) groups excluding carboxylic acids is 1. The highest BCUT2D eigenvalue weighted by Crippen LogP contribution is 2.32. The average molecular weight is 366 g/mol. The maximum atomic E-state index is 12.8. The fraction of sp³-hybridized carbons (Fsp3) is 0.533. The van der Waals surface area contributed by atoms with Crippen LogP contribution in [0.5, 0.6) is 0 Å². The molecule has 0 saturated heterocycles. The molecule has 24 heavy (non-hydrogen) atoms. The number of carbonyl (C=O) groups is 1. The molecule has 0 aliphatic heterocycles. The van der Waals surface area contributed by atoms with Crippen LogP contribution < -0.4 is 9.62 Å². The summed E-state index contributed by atoms with van der Waals surface area (Å²) in [6, 6.07) is 3.73. The van der Waals surface area contributed by atoms with E-state index in [0.29, 0.717) is 16.8 Å². The Morgan fingerprint density at radius 3 is 2.46 bits per heavy atom. The van der Waals surface area contributed by atoms with Gasteiger partial charge in [-0.25, -0.2) is 8.42 Å². The fourth-order valence-electron chi connectivity index (χ4n) is 2.19. The van der Waals surface area contributed by atoms with Gasteiger partial charge in [0, 0.05) is 6.04 Å². The van der Waals surface area contributed by atoms with E-state index in [4.69, 9.17) is 0 Å². The highest BCUT2D eigenvalue weighted by atomic mass is 32.2. The van der Waals surface area contributed by atoms with Crippen molar-refractivity contribution in [1.29, 1.82) is 0 Å². The topological polar surface area (TPSA) is 66.5 Å². The van der Waals surface area contributed by atoms with E-state index in [0.717, 1.165) is 24.8 Å². The average Bonchev–Trinajstić information content (AvgIpc) is 2.43. The van der Waals surface area contributed by atoms with Crippen molar-refractivity contribution in [2.75, 3.05) is 17.1 Å². The van der Waals surface area contributed by atoms with Gasteiger partial charge in [-0.05, 0) is 31.5 Å². The molecule has 1 rings (SSSR count). The molecule has 0 bridgehead atoms. The number of rotatable bonds is 7. The minimum atomic E-state index is -4.60. The first-order valence-corrected chi connectivity index (χ1v) is 9.24. The van der Waals surface area contributed by atoms with E-state index in [-0.39, 0.29) is 11.7 Å². The maximum absolute atomic E-state index is 12.8. The second-order valence-corrected chi connectivity index (χ2v) is 7.48. The van der Waals surface area contributed by atoms with Gasteiger partial charge in [0.1, 0.15) is 6.54 Å². The predicted octanol–water partition coefficient (Wildman–Crippen LogP) is 2.78. The number of sulfonamides is 1. The smallest absolute Gasteiger partial charge is 0.352 e. The molecule has 9 heteroatoms. The third kappa shape index (κ3) is 6.03. The quantitative estimate of drug-likeness (QED) is 0.807. The molecule has 0 radical (unpaired) electrons. The number of nitrogens with one attached hydrogen (secondary N) is 1. The molecular weight excluding hydrogens is 345 g/mol. The van der Waals surface area contributed by atoms with Crippen LogP contribution in [0.25, 0.3) is 0 Å². The Bertz CT molecular complexity index is 675. The fourth-order valence-corrected chi connectivity index (χ4v) is 3.04. The Hall–Kier alpha value is -1.77. The molecule has 0 saturated carbocycles. The lowest BCUT2D eigenvalue weighted by Crippen LogP contribution is -2.43. The van der Waals surface area contributed by atoms with Crippen molar-refractivity contribution in [2.24, 2.45) is 0 Å². The third-order valence-electron chi connectivity index (χ3n) is 3.28. The molecule has 0 fully saturated rings. The number of alkyl halides is 3. The SMILES string of the molecule is CCC[C@H](C)NC(=O)CN(c1cccc(C(F)(F)F)c1)S(C)(=O)=O. The van der Waals surface area contributed by atoms with Crippen molar-refractivity contribution in [3.8, 4) is 0 Å². The Kier molecular flexibility index (Phi) is 6.65. The number of halogens is 3. The zero-order chi connectivity index (χ0) is 18.5. The minimum absolute atomic E-state index is 0.148. The van der Waals surface area contributed by atoms with Gasteiger partial charge in [-0.15, -0.1) is 0 Å². The molecule has 0 spiro atoms. The molecule has 1 N–H and O–H groups in total. The van der Waals surface area contributed by atoms with E-state index >= 15 is 0 Å². The standard InChI is InChI=1S/C15H21F3N2O3S/c1-4-6-11(2)19-14(21)10-20(24(3,22)23)13-8-5-7-12(9-13)15(16,17)18/h5,7-9,11H,4,6,10H2,1-3H3,(H,19,21)/t11-/m0/s1. The number of benzene rings is 1. The molecule has 1 amide bonds. The van der Waals surface area contributed by atoms with Gasteiger partial charge in [0.15, 0.2) is 0 Å². The predicted molar refractivity (Wildman–Crippen MR) is 86.1 cm³/mol. The minimum Gasteiger partial charge on any atom is -0.352 e. The summed E-state index contributed by atoms with van der Waals surface area (Å²) >= 11 is 0. The maximum Gasteiger partial charge on any atom is 0.416 e. The van der Waals surface area contributed by atoms with Crippen LogP contribution in [0.1, 0.15) is 32.3 Å². The van der Waals surface area contributed by atoms with Crippen LogP contribution in [0, 0.1) is 0 Å². The van der Waals surface area contributed by atoms with E-state index in [2.05, 4.69) is 5.32 Å². The molecule has 1 atom stereocenters. The summed E-state index contributed by atoms with van der Waals surface area (Å²) in [5, 5.41) is 2.63. The molecule has 5 nitrogen and oxygen atoms in total. The number of nitrogens with zero attached hydrogens (tertiary/aromatic N) is 1. The van der Waals surface area contributed by atoms with Crippen LogP contribution in [-0.2, 0) is 21.0 Å². The molecule has 136 valence electrons. The van der Waals surface area contributed by atoms with E-state index in [1.165, 1.54) is 6.07 Å². The summed E-state index contributed by atoms with van der Waals surface area (Å²) < 4.78 is 62.9. The number of anilines is 1. The van der Waals surface area contributed by atoms with Crippen LogP contribution in [-0.4, -0.2) is 33.2 Å². The van der Waals surface area contributed by atoms with Gasteiger partial charge < -0.3 is 5.32 Å². The molecular formula is C15H21F3N2O3S. The van der Waals surface area contributed by atoms with Crippen molar-refractivity contribution < 1.29 is 26.4 Å². The Morgan fingerprint density at radius 2 is 1.96 bits per heavy atom. The van der Waals surface area contributed by atoms with Crippen LogP contribution >= 0.6 is 0 Å². The Labute approximate surface area is 139 Å². The van der Waals surface area contributed by atoms with Gasteiger partial charge in [-0.2, -0.15) is 13.2 Å². The van der Waals surface area contributed by atoms with Gasteiger partial charge in [0.2, 0.25) is 15.9 Å². The van der Waals surface area contributed by atoms with Crippen molar-refractivity contribution in [3.63, 3.8) is 0 Å². The first-order chi connectivity index (χ1) is 10.9. The molecule has 1 aromatic rings. The van der Waals surface area contributed by atoms with Crippen molar-refractivity contribution >= 4 is 21.6 Å². The summed E-state index contributed by atoms with van der Waals surface area (Å²) in [7, 11) is -3.92. The van der Waals surface area contributed by atoms with Crippen LogP contribution in [0.4, 0.5) is 18.9 Å². The highest BCUT2D eigenvalue weighted by Gasteiger charge is 2.32. The van der Waals surface area contributed by atoms with Gasteiger partial charge in [0.05, 0.1) is 17.5 Å². The van der Waals surface area contributed by atoms with Crippen molar-refractivity contribution in [1.82, 2.24) is 5.32 Å². The summed E-state index contributed by atoms with van der Waals surface area (Å²) in [4.78, 5) is 12.0. The zero-order valence-electron chi connectivity index (χ0n) is 13.7. The Balaban J connectivity index is 3.06. The van der Waals surface area contributed by atoms with Gasteiger partial charge >= 0.3 is 6.18 Å². The summed E-state index contributed by atoms with van der Waals surface area (Å²) in [5.74, 6) is -0.571. The second kappa shape index (κ2) is 7.87. The first kappa shape index (κ1) is 20.3. The summed E-state index contributed by atoms with van der Waals surface area (Å²) in [6.07, 6.45) is -2.20. The van der Waals surface area contributed by atoms with Crippen molar-refractivity contribution in [2.45, 2.75) is 38.9 Å². The molecule has 0 aromatic heterocycles. The van der Waals surface area contributed by atoms with E-state index in [9.17, 15) is 26.4 Å². The second-order valence-electron chi connectivity index (χ2n) is 5.57. The van der Waals surface area contributed by atoms with Crippen molar-refractivity contribution in [3.05, 3.63) is 29.8 Å². The molecule has 0 aliphatic rings.